The second kappa shape index (κ2) is 47.1. The number of phosphoric acid groups is 1. The van der Waals surface area contributed by atoms with Crippen LogP contribution in [0.4, 0.5) is 0 Å². The average molecular weight is 1090 g/mol. The highest BCUT2D eigenvalue weighted by atomic mass is 31.2. The van der Waals surface area contributed by atoms with Crippen molar-refractivity contribution in [2.75, 3.05) is 46.1 Å². The van der Waals surface area contributed by atoms with Crippen LogP contribution in [-0.2, 0) is 42.1 Å². The lowest BCUT2D eigenvalue weighted by molar-refractivity contribution is -0.327. The van der Waals surface area contributed by atoms with E-state index in [1.807, 2.05) is 0 Å². The number of nitrogens with one attached hydrogen (secondary N) is 1. The van der Waals surface area contributed by atoms with Gasteiger partial charge in [0.1, 0.15) is 49.3 Å². The monoisotopic (exact) mass is 1090 g/mol. The van der Waals surface area contributed by atoms with Crippen molar-refractivity contribution < 1.29 is 87.9 Å². The highest BCUT2D eigenvalue weighted by Gasteiger charge is 2.46. The second-order valence-corrected chi connectivity index (χ2v) is 20.8. The molecule has 13 N–H and O–H groups in total. The predicted octanol–water partition coefficient (Wildman–Crippen LogP) is 6.24. The molecule has 0 aromatic carbocycles. The molecule has 21 heteroatoms. The lowest BCUT2D eigenvalue weighted by atomic mass is 9.98. The lowest BCUT2D eigenvalue weighted by Gasteiger charge is -2.42. The molecule has 11 atom stereocenters. The van der Waals surface area contributed by atoms with Gasteiger partial charge in [-0.2, -0.15) is 0 Å². The van der Waals surface area contributed by atoms with Gasteiger partial charge < -0.3 is 85.2 Å². The Morgan fingerprint density at radius 2 is 1.11 bits per heavy atom. The second-order valence-electron chi connectivity index (χ2n) is 19.3. The van der Waals surface area contributed by atoms with Gasteiger partial charge in [0.05, 0.1) is 32.5 Å². The summed E-state index contributed by atoms with van der Waals surface area (Å²) in [5, 5.41) is 83.7. The summed E-state index contributed by atoms with van der Waals surface area (Å²) in [5.41, 5.74) is 0. The van der Waals surface area contributed by atoms with Crippen LogP contribution in [0.3, 0.4) is 0 Å². The number of allylic oxidation sites excluding steroid dienone is 4. The number of phosphoric ester groups is 1. The number of rotatable bonds is 49. The third-order valence-electron chi connectivity index (χ3n) is 12.8. The van der Waals surface area contributed by atoms with Crippen LogP contribution in [-0.4, -0.2) is 160 Å². The van der Waals surface area contributed by atoms with Gasteiger partial charge in [-0.05, 0) is 64.2 Å². The quantitative estimate of drug-likeness (QED) is 0.0139. The van der Waals surface area contributed by atoms with Crippen molar-refractivity contribution in [3.05, 3.63) is 24.3 Å². The van der Waals surface area contributed by atoms with Gasteiger partial charge >= 0.3 is 11.9 Å². The minimum Gasteiger partial charge on any atom is -0.756 e. The van der Waals surface area contributed by atoms with Gasteiger partial charge in [-0.1, -0.05) is 141 Å². The molecule has 0 aromatic heterocycles. The summed E-state index contributed by atoms with van der Waals surface area (Å²) in [4.78, 5) is 38.2. The SMILES string of the molecule is CCCCCCCC/C=C\CCCCCCCC(=O)OC[C@H](COP(=O)([O-])OCCNCC(O)C(O)[C@H](O[C@@H]1O[C@H](CO)C(O)C(O)C1O)C(O)CO)OC(=O)CCCCCCC/C=C\CCCCCCCC.[NH4+]. The first-order valence-corrected chi connectivity index (χ1v) is 29.2. The first kappa shape index (κ1) is 72.0. The van der Waals surface area contributed by atoms with E-state index in [2.05, 4.69) is 43.5 Å². The standard InChI is InChI=1S/C53H100NO18P.H3N/c1-3-5-7-9-11-13-15-17-19-21-23-25-27-29-31-33-46(59)67-40-42(70-47(60)34-32-30-28-26-24-22-20-18-16-14-12-10-8-6-4-2)41-69-73(65,66)68-36-35-54-37-43(57)48(61)52(44(58)38-55)72-53-51(64)50(63)49(62)45(39-56)71-53;/h17-20,42-45,48-58,61-64H,3-16,21-41H2,1-2H3,(H,65,66);1H3/b19-17-,20-18-;/t42-,43?,44?,45-,48?,49?,50?,51?,52-,53+;/m1./s1. The number of carbonyl (C=O) groups excluding carboxylic acids is 2. The normalized spacial score (nSPS) is 21.0. The highest BCUT2D eigenvalue weighted by Crippen LogP contribution is 2.38. The van der Waals surface area contributed by atoms with Crippen LogP contribution in [0, 0.1) is 0 Å². The van der Waals surface area contributed by atoms with Crippen molar-refractivity contribution in [3.63, 3.8) is 0 Å². The van der Waals surface area contributed by atoms with E-state index < -0.39 is 121 Å². The highest BCUT2D eigenvalue weighted by molar-refractivity contribution is 7.45. The number of unbranched alkanes of at least 4 members (excludes halogenated alkanes) is 22. The fraction of sp³-hybridized carbons (Fsp3) is 0.887. The lowest BCUT2D eigenvalue weighted by Crippen LogP contribution is -2.61. The molecule has 74 heavy (non-hydrogen) atoms. The molecule has 1 saturated heterocycles. The fourth-order valence-corrected chi connectivity index (χ4v) is 8.91. The van der Waals surface area contributed by atoms with Gasteiger partial charge in [0.25, 0.3) is 7.82 Å². The molecule has 0 bridgehead atoms. The van der Waals surface area contributed by atoms with Crippen molar-refractivity contribution in [2.24, 2.45) is 0 Å². The minimum atomic E-state index is -5.01. The number of ether oxygens (including phenoxy) is 4. The zero-order chi connectivity index (χ0) is 54.0. The van der Waals surface area contributed by atoms with Crippen molar-refractivity contribution in [1.29, 1.82) is 0 Å². The third kappa shape index (κ3) is 36.2. The molecule has 1 aliphatic heterocycles. The molecule has 438 valence electrons. The van der Waals surface area contributed by atoms with Crippen LogP contribution in [0.1, 0.15) is 194 Å². The summed E-state index contributed by atoms with van der Waals surface area (Å²) in [5.74, 6) is -1.09. The molecule has 0 radical (unpaired) electrons. The molecule has 0 aromatic rings. The zero-order valence-corrected chi connectivity index (χ0v) is 46.3. The van der Waals surface area contributed by atoms with Crippen molar-refractivity contribution >= 4 is 19.8 Å². The Morgan fingerprint density at radius 3 is 1.59 bits per heavy atom. The maximum Gasteiger partial charge on any atom is 0.306 e. The topological polar surface area (TPSA) is 340 Å². The van der Waals surface area contributed by atoms with Crippen LogP contribution >= 0.6 is 7.82 Å². The van der Waals surface area contributed by atoms with Gasteiger partial charge in [-0.3, -0.25) is 14.2 Å². The molecule has 7 unspecified atom stereocenters. The number of hydrogen-bond acceptors (Lipinski definition) is 19. The van der Waals surface area contributed by atoms with E-state index in [9.17, 15) is 59.9 Å². The van der Waals surface area contributed by atoms with Crippen molar-refractivity contribution in [2.45, 2.75) is 255 Å². The molecule has 0 saturated carbocycles. The maximum atomic E-state index is 12.9. The molecule has 1 rings (SSSR count). The van der Waals surface area contributed by atoms with Gasteiger partial charge in [0.15, 0.2) is 12.4 Å². The van der Waals surface area contributed by atoms with E-state index in [4.69, 9.17) is 28.0 Å². The Hall–Kier alpha value is -1.95. The first-order chi connectivity index (χ1) is 35.2. The molecule has 1 aliphatic rings. The van der Waals surface area contributed by atoms with Crippen LogP contribution in [0.5, 0.6) is 0 Å². The molecule has 0 amide bonds. The summed E-state index contributed by atoms with van der Waals surface area (Å²) in [6.07, 6.45) is 21.0. The van der Waals surface area contributed by atoms with Crippen LogP contribution in [0.15, 0.2) is 24.3 Å². The van der Waals surface area contributed by atoms with E-state index in [0.29, 0.717) is 12.8 Å². The zero-order valence-electron chi connectivity index (χ0n) is 45.4. The molecular formula is C53H103N2O18P. The molecule has 1 fully saturated rings. The smallest absolute Gasteiger partial charge is 0.306 e. The van der Waals surface area contributed by atoms with Gasteiger partial charge in [0, 0.05) is 25.9 Å². The fourth-order valence-electron chi connectivity index (χ4n) is 8.17. The molecule has 0 spiro atoms. The summed E-state index contributed by atoms with van der Waals surface area (Å²) in [6, 6.07) is 0. The summed E-state index contributed by atoms with van der Waals surface area (Å²) < 4.78 is 44.2. The molecule has 0 aliphatic carbocycles. The van der Waals surface area contributed by atoms with Crippen LogP contribution in [0.2, 0.25) is 0 Å². The Balaban J connectivity index is 0.0000533. The predicted molar refractivity (Wildman–Crippen MR) is 282 cm³/mol. The number of esters is 2. The number of aliphatic hydroxyl groups excluding tert-OH is 8. The Labute approximate surface area is 443 Å². The number of hydrogen-bond donors (Lipinski definition) is 10. The minimum absolute atomic E-state index is 0. The third-order valence-corrected chi connectivity index (χ3v) is 13.7. The van der Waals surface area contributed by atoms with Gasteiger partial charge in [0.2, 0.25) is 0 Å². The molecule has 1 heterocycles. The average Bonchev–Trinajstić information content (AvgIpc) is 3.37. The van der Waals surface area contributed by atoms with Crippen molar-refractivity contribution in [3.8, 4) is 0 Å². The Bertz CT molecular complexity index is 1450. The summed E-state index contributed by atoms with van der Waals surface area (Å²) >= 11 is 0. The Morgan fingerprint density at radius 1 is 0.635 bits per heavy atom. The molecule has 20 nitrogen and oxygen atoms in total. The van der Waals surface area contributed by atoms with E-state index in [1.165, 1.54) is 77.0 Å². The summed E-state index contributed by atoms with van der Waals surface area (Å²) in [7, 11) is -5.01. The largest absolute Gasteiger partial charge is 0.756 e. The molecular weight excluding hydrogens is 984 g/mol. The van der Waals surface area contributed by atoms with Crippen LogP contribution < -0.4 is 16.4 Å². The number of aliphatic hydroxyl groups is 8. The van der Waals surface area contributed by atoms with Crippen molar-refractivity contribution in [1.82, 2.24) is 11.5 Å². The van der Waals surface area contributed by atoms with Gasteiger partial charge in [-0.15, -0.1) is 0 Å². The van der Waals surface area contributed by atoms with Gasteiger partial charge in [-0.25, -0.2) is 0 Å². The summed E-state index contributed by atoms with van der Waals surface area (Å²) in [6.45, 7) is 0.431. The van der Waals surface area contributed by atoms with E-state index in [-0.39, 0.29) is 25.5 Å². The maximum absolute atomic E-state index is 12.9. The van der Waals surface area contributed by atoms with Crippen LogP contribution in [0.25, 0.3) is 0 Å². The van der Waals surface area contributed by atoms with E-state index in [1.54, 1.807) is 0 Å². The first-order valence-electron chi connectivity index (χ1n) is 27.8. The van der Waals surface area contributed by atoms with E-state index in [0.717, 1.165) is 77.0 Å². The number of carbonyl (C=O) groups is 2. The Kier molecular flexibility index (Phi) is 45.8. The number of quaternary nitrogens is 1. The van der Waals surface area contributed by atoms with E-state index >= 15 is 0 Å².